The largest absolute Gasteiger partial charge is 0.458 e. The topological polar surface area (TPSA) is 104 Å². The molecule has 33 heavy (non-hydrogen) atoms. The van der Waals surface area contributed by atoms with E-state index in [0.29, 0.717) is 11.6 Å². The zero-order valence-electron chi connectivity index (χ0n) is 19.2. The smallest absolute Gasteiger partial charge is 0.332 e. The van der Waals surface area contributed by atoms with E-state index in [9.17, 15) is 14.7 Å². The molecule has 0 fully saturated rings. The van der Waals surface area contributed by atoms with Crippen LogP contribution in [0, 0.1) is 0 Å². The lowest BCUT2D eigenvalue weighted by atomic mass is 10.2. The van der Waals surface area contributed by atoms with Gasteiger partial charge < -0.3 is 9.84 Å². The highest BCUT2D eigenvalue weighted by Crippen LogP contribution is 2.21. The number of imidazole rings is 1. The predicted octanol–water partition coefficient (Wildman–Crippen LogP) is 2.74. The van der Waals surface area contributed by atoms with E-state index in [1.807, 2.05) is 32.9 Å². The third kappa shape index (κ3) is 5.61. The molecule has 0 aliphatic heterocycles. The minimum absolute atomic E-state index is 0.106. The van der Waals surface area contributed by atoms with Gasteiger partial charge in [-0.3, -0.25) is 23.5 Å². The highest BCUT2D eigenvalue weighted by atomic mass is 35.5. The molecule has 176 valence electrons. The minimum Gasteiger partial charge on any atom is -0.458 e. The predicted molar refractivity (Wildman–Crippen MR) is 130 cm³/mol. The second kappa shape index (κ2) is 10.6. The standard InChI is InChI=1S/C23H28ClN5O4/c1-15(2)12-25-16(3)14-33-22-26-20-19(29(22)13-17-6-8-18(24)9-7-17)21(31)28(10-5-11-30)23(32)27(20)4/h6-9,12,30H,5,10-11,13-14H2,1-4H3. The van der Waals surface area contributed by atoms with Gasteiger partial charge in [-0.1, -0.05) is 29.3 Å². The highest BCUT2D eigenvalue weighted by molar-refractivity contribution is 6.30. The van der Waals surface area contributed by atoms with E-state index in [0.717, 1.165) is 21.4 Å². The van der Waals surface area contributed by atoms with Crippen molar-refractivity contribution >= 4 is 28.5 Å². The van der Waals surface area contributed by atoms with E-state index < -0.39 is 11.2 Å². The third-order valence-electron chi connectivity index (χ3n) is 4.94. The fourth-order valence-corrected chi connectivity index (χ4v) is 3.38. The first-order valence-corrected chi connectivity index (χ1v) is 11.0. The van der Waals surface area contributed by atoms with Crippen LogP contribution in [0.4, 0.5) is 0 Å². The first-order chi connectivity index (χ1) is 15.7. The Morgan fingerprint density at radius 3 is 2.52 bits per heavy atom. The van der Waals surface area contributed by atoms with Crippen molar-refractivity contribution in [3.8, 4) is 6.01 Å². The van der Waals surface area contributed by atoms with Crippen molar-refractivity contribution in [1.82, 2.24) is 18.7 Å². The van der Waals surface area contributed by atoms with Gasteiger partial charge in [0.2, 0.25) is 0 Å². The number of rotatable bonds is 9. The van der Waals surface area contributed by atoms with Crippen LogP contribution >= 0.6 is 11.6 Å². The molecule has 3 rings (SSSR count). The Kier molecular flexibility index (Phi) is 7.88. The summed E-state index contributed by atoms with van der Waals surface area (Å²) in [5, 5.41) is 9.78. The van der Waals surface area contributed by atoms with Gasteiger partial charge in [-0.25, -0.2) is 4.79 Å². The number of halogens is 1. The van der Waals surface area contributed by atoms with Crippen molar-refractivity contribution in [2.75, 3.05) is 13.2 Å². The number of aliphatic hydroxyl groups is 1. The summed E-state index contributed by atoms with van der Waals surface area (Å²) in [6.45, 7) is 6.17. The highest BCUT2D eigenvalue weighted by Gasteiger charge is 2.21. The van der Waals surface area contributed by atoms with Crippen LogP contribution in [0.3, 0.4) is 0 Å². The van der Waals surface area contributed by atoms with Crippen LogP contribution in [0.2, 0.25) is 5.02 Å². The van der Waals surface area contributed by atoms with Crippen LogP contribution in [0.5, 0.6) is 6.01 Å². The number of ether oxygens (including phenoxy) is 1. The van der Waals surface area contributed by atoms with Gasteiger partial charge in [0.25, 0.3) is 11.6 Å². The van der Waals surface area contributed by atoms with E-state index in [4.69, 9.17) is 16.3 Å². The molecular weight excluding hydrogens is 446 g/mol. The molecule has 0 amide bonds. The van der Waals surface area contributed by atoms with Crippen LogP contribution < -0.4 is 16.0 Å². The third-order valence-corrected chi connectivity index (χ3v) is 5.20. The number of aliphatic hydroxyl groups excluding tert-OH is 1. The van der Waals surface area contributed by atoms with Crippen molar-refractivity contribution in [3.05, 3.63) is 67.5 Å². The average molecular weight is 474 g/mol. The summed E-state index contributed by atoms with van der Waals surface area (Å²) in [5.41, 5.74) is 2.18. The van der Waals surface area contributed by atoms with Gasteiger partial charge in [0.1, 0.15) is 6.61 Å². The number of allylic oxidation sites excluding steroid dienone is 1. The van der Waals surface area contributed by atoms with Gasteiger partial charge >= 0.3 is 5.69 Å². The van der Waals surface area contributed by atoms with Gasteiger partial charge in [0.15, 0.2) is 11.2 Å². The molecule has 0 spiro atoms. The summed E-state index contributed by atoms with van der Waals surface area (Å²) in [6.07, 6.45) is 2.04. The molecular formula is C23H28ClN5O4. The maximum atomic E-state index is 13.3. The van der Waals surface area contributed by atoms with E-state index in [-0.39, 0.29) is 43.4 Å². The molecule has 0 saturated carbocycles. The number of aromatic nitrogens is 4. The molecule has 9 nitrogen and oxygen atoms in total. The molecule has 3 aromatic rings. The Bertz CT molecular complexity index is 1310. The zero-order chi connectivity index (χ0) is 24.1. The van der Waals surface area contributed by atoms with E-state index >= 15 is 0 Å². The molecule has 0 radical (unpaired) electrons. The van der Waals surface area contributed by atoms with Crippen molar-refractivity contribution < 1.29 is 9.84 Å². The average Bonchev–Trinajstić information content (AvgIpc) is 3.14. The summed E-state index contributed by atoms with van der Waals surface area (Å²) in [6, 6.07) is 7.44. The second-order valence-electron chi connectivity index (χ2n) is 8.01. The van der Waals surface area contributed by atoms with E-state index in [1.54, 1.807) is 29.9 Å². The van der Waals surface area contributed by atoms with Gasteiger partial charge in [-0.05, 0) is 44.9 Å². The molecule has 2 heterocycles. The van der Waals surface area contributed by atoms with Gasteiger partial charge in [-0.2, -0.15) is 4.98 Å². The lowest BCUT2D eigenvalue weighted by molar-refractivity contribution is 0.277. The summed E-state index contributed by atoms with van der Waals surface area (Å²) in [5.74, 6) is 0. The van der Waals surface area contributed by atoms with E-state index in [2.05, 4.69) is 9.98 Å². The normalized spacial score (nSPS) is 11.8. The van der Waals surface area contributed by atoms with E-state index in [1.165, 1.54) is 4.57 Å². The Morgan fingerprint density at radius 1 is 1.18 bits per heavy atom. The molecule has 0 saturated heterocycles. The molecule has 0 aliphatic rings. The molecule has 1 N–H and O–H groups in total. The summed E-state index contributed by atoms with van der Waals surface area (Å²) in [4.78, 5) is 34.9. The number of nitrogens with zero attached hydrogens (tertiary/aromatic N) is 5. The molecule has 2 aromatic heterocycles. The first kappa shape index (κ1) is 24.5. The maximum Gasteiger partial charge on any atom is 0.332 e. The van der Waals surface area contributed by atoms with Crippen LogP contribution in [-0.4, -0.2) is 42.7 Å². The number of aryl methyl sites for hydroxylation is 1. The van der Waals surface area contributed by atoms with Gasteiger partial charge in [-0.15, -0.1) is 0 Å². The first-order valence-electron chi connectivity index (χ1n) is 10.6. The number of hydrogen-bond acceptors (Lipinski definition) is 6. The molecule has 0 aliphatic carbocycles. The number of hydrogen-bond donors (Lipinski definition) is 1. The Balaban J connectivity index is 2.14. The number of fused-ring (bicyclic) bond motifs is 1. The van der Waals surface area contributed by atoms with Gasteiger partial charge in [0.05, 0.1) is 12.3 Å². The minimum atomic E-state index is -0.495. The fraction of sp³-hybridized carbons (Fsp3) is 0.391. The van der Waals surface area contributed by atoms with Gasteiger partial charge in [0, 0.05) is 31.4 Å². The van der Waals surface area contributed by atoms with Crippen LogP contribution in [0.25, 0.3) is 11.2 Å². The Hall–Kier alpha value is -3.17. The lowest BCUT2D eigenvalue weighted by Crippen LogP contribution is -2.39. The Labute approximate surface area is 196 Å². The Morgan fingerprint density at radius 2 is 1.88 bits per heavy atom. The van der Waals surface area contributed by atoms with Crippen LogP contribution in [-0.2, 0) is 20.1 Å². The summed E-state index contributed by atoms with van der Waals surface area (Å²) < 4.78 is 10.0. The monoisotopic (exact) mass is 473 g/mol. The molecule has 0 bridgehead atoms. The van der Waals surface area contributed by atoms with Crippen LogP contribution in [0.15, 0.2) is 50.6 Å². The quantitative estimate of drug-likeness (QED) is 0.481. The van der Waals surface area contributed by atoms with Crippen molar-refractivity contribution in [2.45, 2.75) is 40.3 Å². The van der Waals surface area contributed by atoms with Crippen molar-refractivity contribution in [1.29, 1.82) is 0 Å². The summed E-state index contributed by atoms with van der Waals surface area (Å²) in [7, 11) is 1.56. The molecule has 1 aromatic carbocycles. The molecule has 0 unspecified atom stereocenters. The summed E-state index contributed by atoms with van der Waals surface area (Å²) >= 11 is 6.02. The second-order valence-corrected chi connectivity index (χ2v) is 8.45. The maximum absolute atomic E-state index is 13.3. The van der Waals surface area contributed by atoms with Crippen molar-refractivity contribution in [2.24, 2.45) is 12.0 Å². The van der Waals surface area contributed by atoms with Crippen LogP contribution in [0.1, 0.15) is 32.8 Å². The number of benzene rings is 1. The number of aliphatic imine (C=N–C) groups is 1. The zero-order valence-corrected chi connectivity index (χ0v) is 20.0. The molecule has 0 atom stereocenters. The lowest BCUT2D eigenvalue weighted by Gasteiger charge is -2.11. The fourth-order valence-electron chi connectivity index (χ4n) is 3.25. The SMILES string of the molecule is CC(C)=CN=C(C)COc1nc2c(c(=O)n(CCCO)c(=O)n2C)n1Cc1ccc(Cl)cc1. The van der Waals surface area contributed by atoms with Crippen molar-refractivity contribution in [3.63, 3.8) is 0 Å². The molecule has 10 heteroatoms.